The summed E-state index contributed by atoms with van der Waals surface area (Å²) in [5.74, 6) is 0.215. The highest BCUT2D eigenvalue weighted by Gasteiger charge is 2.20. The first-order chi connectivity index (χ1) is 13.1. The van der Waals surface area contributed by atoms with Crippen molar-refractivity contribution in [1.29, 1.82) is 0 Å². The zero-order chi connectivity index (χ0) is 18.8. The summed E-state index contributed by atoms with van der Waals surface area (Å²) in [6.07, 6.45) is 4.81. The maximum atomic E-state index is 12.5. The first-order valence-corrected chi connectivity index (χ1v) is 10.2. The van der Waals surface area contributed by atoms with Gasteiger partial charge in [-0.15, -0.1) is 11.3 Å². The van der Waals surface area contributed by atoms with Crippen molar-refractivity contribution in [2.24, 2.45) is 0 Å². The first kappa shape index (κ1) is 18.2. The lowest BCUT2D eigenvalue weighted by molar-refractivity contribution is -0.144. The van der Waals surface area contributed by atoms with Gasteiger partial charge in [-0.3, -0.25) is 9.59 Å². The number of H-pyrrole nitrogens is 1. The maximum Gasteiger partial charge on any atom is 0.306 e. The van der Waals surface area contributed by atoms with Crippen LogP contribution in [0.1, 0.15) is 41.1 Å². The van der Waals surface area contributed by atoms with Crippen molar-refractivity contribution in [3.63, 3.8) is 0 Å². The monoisotopic (exact) mass is 402 g/mol. The van der Waals surface area contributed by atoms with Crippen LogP contribution in [0.3, 0.4) is 0 Å². The Morgan fingerprint density at radius 3 is 2.81 bits per heavy atom. The lowest BCUT2D eigenvalue weighted by Crippen LogP contribution is -2.14. The van der Waals surface area contributed by atoms with Gasteiger partial charge < -0.3 is 9.72 Å². The summed E-state index contributed by atoms with van der Waals surface area (Å²) in [7, 11) is 0. The van der Waals surface area contributed by atoms with Crippen LogP contribution in [-0.2, 0) is 35.4 Å². The number of benzene rings is 1. The minimum absolute atomic E-state index is 0.0936. The SMILES string of the molecule is O=C(CCc1nc2sc3c(c2c(=O)[nH]1)CCCC3)OCc1ccc(Cl)cc1. The van der Waals surface area contributed by atoms with E-state index in [9.17, 15) is 9.59 Å². The number of rotatable bonds is 5. The molecule has 0 radical (unpaired) electrons. The van der Waals surface area contributed by atoms with Gasteiger partial charge >= 0.3 is 5.97 Å². The fourth-order valence-electron chi connectivity index (χ4n) is 3.36. The molecule has 0 saturated carbocycles. The predicted molar refractivity (Wildman–Crippen MR) is 106 cm³/mol. The van der Waals surface area contributed by atoms with E-state index in [4.69, 9.17) is 16.3 Å². The van der Waals surface area contributed by atoms with Gasteiger partial charge in [-0.2, -0.15) is 0 Å². The molecule has 27 heavy (non-hydrogen) atoms. The van der Waals surface area contributed by atoms with Crippen molar-refractivity contribution >= 4 is 39.1 Å². The number of hydrogen-bond acceptors (Lipinski definition) is 5. The zero-order valence-corrected chi connectivity index (χ0v) is 16.3. The number of thiophene rings is 1. The molecule has 0 saturated heterocycles. The lowest BCUT2D eigenvalue weighted by atomic mass is 9.97. The minimum Gasteiger partial charge on any atom is -0.461 e. The Morgan fingerprint density at radius 2 is 2.00 bits per heavy atom. The number of esters is 1. The molecule has 0 fully saturated rings. The van der Waals surface area contributed by atoms with Gasteiger partial charge in [0.25, 0.3) is 5.56 Å². The van der Waals surface area contributed by atoms with E-state index in [0.29, 0.717) is 17.3 Å². The Morgan fingerprint density at radius 1 is 1.22 bits per heavy atom. The summed E-state index contributed by atoms with van der Waals surface area (Å²) in [6.45, 7) is 0.205. The topological polar surface area (TPSA) is 72.0 Å². The number of carbonyl (C=O) groups is 1. The van der Waals surface area contributed by atoms with Crippen molar-refractivity contribution in [3.05, 3.63) is 61.5 Å². The van der Waals surface area contributed by atoms with Crippen LogP contribution in [0.15, 0.2) is 29.1 Å². The van der Waals surface area contributed by atoms with E-state index in [-0.39, 0.29) is 24.6 Å². The summed E-state index contributed by atoms with van der Waals surface area (Å²) in [6, 6.07) is 7.16. The van der Waals surface area contributed by atoms with E-state index in [1.54, 1.807) is 23.5 Å². The minimum atomic E-state index is -0.321. The molecule has 7 heteroatoms. The molecule has 1 aliphatic rings. The highest BCUT2D eigenvalue weighted by atomic mass is 35.5. The molecule has 0 amide bonds. The van der Waals surface area contributed by atoms with E-state index in [1.165, 1.54) is 16.9 Å². The summed E-state index contributed by atoms with van der Waals surface area (Å²) < 4.78 is 5.27. The quantitative estimate of drug-likeness (QED) is 0.649. The molecule has 0 aliphatic heterocycles. The Labute approximate surface area is 165 Å². The number of aromatic nitrogens is 2. The highest BCUT2D eigenvalue weighted by Crippen LogP contribution is 2.33. The van der Waals surface area contributed by atoms with Crippen LogP contribution in [0.2, 0.25) is 5.02 Å². The summed E-state index contributed by atoms with van der Waals surface area (Å²) in [5.41, 5.74) is 1.96. The van der Waals surface area contributed by atoms with Crippen LogP contribution < -0.4 is 5.56 Å². The number of aryl methyl sites for hydroxylation is 3. The zero-order valence-electron chi connectivity index (χ0n) is 14.7. The van der Waals surface area contributed by atoms with Gasteiger partial charge in [0.1, 0.15) is 17.3 Å². The van der Waals surface area contributed by atoms with Crippen molar-refractivity contribution in [1.82, 2.24) is 9.97 Å². The molecule has 0 bridgehead atoms. The molecule has 1 aromatic carbocycles. The fraction of sp³-hybridized carbons (Fsp3) is 0.350. The molecule has 5 nitrogen and oxygen atoms in total. The molecular weight excluding hydrogens is 384 g/mol. The van der Waals surface area contributed by atoms with Gasteiger partial charge in [-0.05, 0) is 48.9 Å². The third kappa shape index (κ3) is 4.06. The van der Waals surface area contributed by atoms with Crippen molar-refractivity contribution < 1.29 is 9.53 Å². The van der Waals surface area contributed by atoms with Crippen molar-refractivity contribution in [2.45, 2.75) is 45.1 Å². The molecule has 0 unspecified atom stereocenters. The second-order valence-corrected chi connectivity index (χ2v) is 8.21. The van der Waals surface area contributed by atoms with Crippen LogP contribution in [-0.4, -0.2) is 15.9 Å². The van der Waals surface area contributed by atoms with Crippen LogP contribution in [0, 0.1) is 0 Å². The highest BCUT2D eigenvalue weighted by molar-refractivity contribution is 7.18. The number of nitrogens with one attached hydrogen (secondary N) is 1. The second-order valence-electron chi connectivity index (χ2n) is 6.69. The average molecular weight is 403 g/mol. The number of aromatic amines is 1. The van der Waals surface area contributed by atoms with Crippen molar-refractivity contribution in [3.8, 4) is 0 Å². The van der Waals surface area contributed by atoms with Crippen molar-refractivity contribution in [2.75, 3.05) is 0 Å². The van der Waals surface area contributed by atoms with Gasteiger partial charge in [0, 0.05) is 16.3 Å². The average Bonchev–Trinajstić information content (AvgIpc) is 3.05. The van der Waals surface area contributed by atoms with Gasteiger partial charge in [-0.1, -0.05) is 23.7 Å². The molecule has 3 aromatic rings. The first-order valence-electron chi connectivity index (χ1n) is 9.03. The second kappa shape index (κ2) is 7.82. The molecule has 2 aromatic heterocycles. The van der Waals surface area contributed by atoms with E-state index >= 15 is 0 Å². The molecular formula is C20H19ClN2O3S. The maximum absolute atomic E-state index is 12.5. The number of carbonyl (C=O) groups excluding carboxylic acids is 1. The van der Waals surface area contributed by atoms with Gasteiger partial charge in [0.2, 0.25) is 0 Å². The normalized spacial score (nSPS) is 13.5. The molecule has 4 rings (SSSR count). The molecule has 2 heterocycles. The van der Waals surface area contributed by atoms with Crippen LogP contribution >= 0.6 is 22.9 Å². The van der Waals surface area contributed by atoms with Gasteiger partial charge in [-0.25, -0.2) is 4.98 Å². The van der Waals surface area contributed by atoms with E-state index in [2.05, 4.69) is 9.97 Å². The molecule has 0 spiro atoms. The Bertz CT molecular complexity index is 1040. The van der Waals surface area contributed by atoms with Crippen LogP contribution in [0.4, 0.5) is 0 Å². The number of nitrogens with zero attached hydrogens (tertiary/aromatic N) is 1. The van der Waals surface area contributed by atoms with E-state index < -0.39 is 0 Å². The number of ether oxygens (including phenoxy) is 1. The van der Waals surface area contributed by atoms with Crippen LogP contribution in [0.5, 0.6) is 0 Å². The summed E-state index contributed by atoms with van der Waals surface area (Å²) >= 11 is 7.45. The third-order valence-electron chi connectivity index (χ3n) is 4.75. The predicted octanol–water partition coefficient (Wildman–Crippen LogP) is 4.19. The summed E-state index contributed by atoms with van der Waals surface area (Å²) in [4.78, 5) is 34.0. The molecule has 1 N–H and O–H groups in total. The number of halogens is 1. The molecule has 140 valence electrons. The molecule has 1 aliphatic carbocycles. The number of hydrogen-bond donors (Lipinski definition) is 1. The molecule has 0 atom stereocenters. The third-order valence-corrected chi connectivity index (χ3v) is 6.19. The van der Waals surface area contributed by atoms with Crippen LogP contribution in [0.25, 0.3) is 10.2 Å². The Balaban J connectivity index is 1.40. The Kier molecular flexibility index (Phi) is 5.27. The number of fused-ring (bicyclic) bond motifs is 3. The Hall–Kier alpha value is -2.18. The van der Waals surface area contributed by atoms with E-state index in [0.717, 1.165) is 35.0 Å². The largest absolute Gasteiger partial charge is 0.461 e. The van der Waals surface area contributed by atoms with Gasteiger partial charge in [0.05, 0.1) is 11.8 Å². The fourth-order valence-corrected chi connectivity index (χ4v) is 4.77. The van der Waals surface area contributed by atoms with E-state index in [1.807, 2.05) is 12.1 Å². The standard InChI is InChI=1S/C20H19ClN2O3S/c21-13-7-5-12(6-8-13)11-26-17(24)10-9-16-22-19(25)18-14-3-1-2-4-15(14)27-20(18)23-16/h5-8H,1-4,9-11H2,(H,22,23,25). The summed E-state index contributed by atoms with van der Waals surface area (Å²) in [5, 5.41) is 1.38. The lowest BCUT2D eigenvalue weighted by Gasteiger charge is -2.09. The smallest absolute Gasteiger partial charge is 0.306 e. The van der Waals surface area contributed by atoms with Gasteiger partial charge in [0.15, 0.2) is 0 Å².